The van der Waals surface area contributed by atoms with Crippen molar-refractivity contribution in [2.75, 3.05) is 14.2 Å². The predicted molar refractivity (Wildman–Crippen MR) is 96.5 cm³/mol. The Balaban J connectivity index is 1.81. The summed E-state index contributed by atoms with van der Waals surface area (Å²) in [5, 5.41) is 2.24. The van der Waals surface area contributed by atoms with E-state index >= 15 is 0 Å². The summed E-state index contributed by atoms with van der Waals surface area (Å²) in [5.74, 6) is 0. The maximum Gasteiger partial charge on any atom is 0.505 e. The largest absolute Gasteiger partial charge is 0.505 e. The average Bonchev–Trinajstić information content (AvgIpc) is 2.66. The fraction of sp³-hybridized carbons (Fsp3) is 0.211. The van der Waals surface area contributed by atoms with Gasteiger partial charge in [0.25, 0.3) is 0 Å². The number of pyridine rings is 1. The van der Waals surface area contributed by atoms with Crippen molar-refractivity contribution in [1.29, 1.82) is 0 Å². The molecule has 2 aromatic carbocycles. The van der Waals surface area contributed by atoms with Crippen LogP contribution in [0.3, 0.4) is 0 Å². The summed E-state index contributed by atoms with van der Waals surface area (Å²) in [6.45, 7) is 0.434. The van der Waals surface area contributed by atoms with Crippen LogP contribution in [-0.4, -0.2) is 28.0 Å². The molecule has 0 aliphatic heterocycles. The van der Waals surface area contributed by atoms with Gasteiger partial charge in [0.1, 0.15) is 0 Å². The van der Waals surface area contributed by atoms with Crippen LogP contribution in [-0.2, 0) is 25.9 Å². The minimum Gasteiger partial charge on any atom is -0.377 e. The SMILES string of the molecule is CO[Si](Cc1ccccc1)(OC)OCc1cccc2ccncc12. The summed E-state index contributed by atoms with van der Waals surface area (Å²) in [4.78, 5) is 4.22. The van der Waals surface area contributed by atoms with Gasteiger partial charge in [-0.1, -0.05) is 48.5 Å². The van der Waals surface area contributed by atoms with E-state index in [0.29, 0.717) is 12.7 Å². The van der Waals surface area contributed by atoms with Crippen molar-refractivity contribution in [3.63, 3.8) is 0 Å². The molecule has 0 saturated carbocycles. The van der Waals surface area contributed by atoms with Gasteiger partial charge in [-0.15, -0.1) is 0 Å². The zero-order valence-corrected chi connectivity index (χ0v) is 14.9. The molecular formula is C19H21NO3Si. The van der Waals surface area contributed by atoms with Crippen molar-refractivity contribution in [3.8, 4) is 0 Å². The fourth-order valence-corrected chi connectivity index (χ4v) is 4.64. The maximum atomic E-state index is 6.19. The molecule has 0 bridgehead atoms. The molecule has 24 heavy (non-hydrogen) atoms. The standard InChI is InChI=1S/C19H21NO3Si/c1-21-24(22-2,15-16-7-4-3-5-8-16)23-14-18-10-6-9-17-11-12-20-13-19(17)18/h3-13H,14-15H2,1-2H3. The number of hydrogen-bond donors (Lipinski definition) is 0. The Morgan fingerprint density at radius 2 is 1.71 bits per heavy atom. The van der Waals surface area contributed by atoms with E-state index in [4.69, 9.17) is 13.3 Å². The lowest BCUT2D eigenvalue weighted by molar-refractivity contribution is 0.0908. The number of aromatic nitrogens is 1. The van der Waals surface area contributed by atoms with E-state index in [-0.39, 0.29) is 0 Å². The van der Waals surface area contributed by atoms with Crippen LogP contribution >= 0.6 is 0 Å². The van der Waals surface area contributed by atoms with E-state index in [1.165, 1.54) is 0 Å². The Bertz CT molecular complexity index is 785. The number of fused-ring (bicyclic) bond motifs is 1. The Hall–Kier alpha value is -2.05. The Kier molecular flexibility index (Phi) is 5.37. The number of rotatable bonds is 7. The summed E-state index contributed by atoms with van der Waals surface area (Å²) < 4.78 is 17.6. The highest BCUT2D eigenvalue weighted by molar-refractivity contribution is 6.60. The van der Waals surface area contributed by atoms with E-state index in [2.05, 4.69) is 29.2 Å². The van der Waals surface area contributed by atoms with Gasteiger partial charge >= 0.3 is 8.80 Å². The summed E-state index contributed by atoms with van der Waals surface area (Å²) >= 11 is 0. The predicted octanol–water partition coefficient (Wildman–Crippen LogP) is 3.77. The van der Waals surface area contributed by atoms with E-state index < -0.39 is 8.80 Å². The van der Waals surface area contributed by atoms with Crippen LogP contribution in [0.25, 0.3) is 10.8 Å². The normalized spacial score (nSPS) is 11.8. The number of benzene rings is 2. The van der Waals surface area contributed by atoms with Gasteiger partial charge in [0.2, 0.25) is 0 Å². The Labute approximate surface area is 143 Å². The van der Waals surface area contributed by atoms with Crippen LogP contribution in [0.2, 0.25) is 0 Å². The molecule has 4 nitrogen and oxygen atoms in total. The molecule has 124 valence electrons. The van der Waals surface area contributed by atoms with Crippen molar-refractivity contribution >= 4 is 19.6 Å². The zero-order chi connectivity index (χ0) is 16.8. The van der Waals surface area contributed by atoms with Crippen LogP contribution in [0, 0.1) is 0 Å². The van der Waals surface area contributed by atoms with E-state index in [9.17, 15) is 0 Å². The van der Waals surface area contributed by atoms with Crippen LogP contribution in [0.15, 0.2) is 67.0 Å². The summed E-state index contributed by atoms with van der Waals surface area (Å²) in [6, 6.07) is 18.9. The first-order valence-electron chi connectivity index (χ1n) is 7.86. The highest BCUT2D eigenvalue weighted by Gasteiger charge is 2.39. The minimum atomic E-state index is -2.77. The van der Waals surface area contributed by atoms with Gasteiger partial charge in [0, 0.05) is 38.0 Å². The monoisotopic (exact) mass is 339 g/mol. The third-order valence-corrected chi connectivity index (χ3v) is 6.78. The van der Waals surface area contributed by atoms with Crippen LogP contribution in [0.4, 0.5) is 0 Å². The molecule has 0 radical (unpaired) electrons. The molecule has 0 N–H and O–H groups in total. The maximum absolute atomic E-state index is 6.19. The van der Waals surface area contributed by atoms with E-state index in [0.717, 1.165) is 21.9 Å². The van der Waals surface area contributed by atoms with Gasteiger partial charge in [-0.3, -0.25) is 4.98 Å². The van der Waals surface area contributed by atoms with Gasteiger partial charge < -0.3 is 13.3 Å². The summed E-state index contributed by atoms with van der Waals surface area (Å²) in [7, 11) is 0.537. The van der Waals surface area contributed by atoms with Crippen molar-refractivity contribution in [3.05, 3.63) is 78.1 Å². The van der Waals surface area contributed by atoms with Crippen molar-refractivity contribution < 1.29 is 13.3 Å². The van der Waals surface area contributed by atoms with Gasteiger partial charge in [-0.05, 0) is 22.6 Å². The molecular weight excluding hydrogens is 318 g/mol. The molecule has 3 rings (SSSR count). The molecule has 0 atom stereocenters. The molecule has 0 fully saturated rings. The molecule has 0 spiro atoms. The zero-order valence-electron chi connectivity index (χ0n) is 13.9. The second-order valence-corrected chi connectivity index (χ2v) is 8.38. The quantitative estimate of drug-likeness (QED) is 0.615. The fourth-order valence-electron chi connectivity index (χ4n) is 2.73. The third kappa shape index (κ3) is 3.71. The molecule has 3 aromatic rings. The van der Waals surface area contributed by atoms with E-state index in [1.807, 2.05) is 36.5 Å². The Morgan fingerprint density at radius 3 is 2.46 bits per heavy atom. The summed E-state index contributed by atoms with van der Waals surface area (Å²) in [5.41, 5.74) is 2.23. The van der Waals surface area contributed by atoms with Crippen molar-refractivity contribution in [1.82, 2.24) is 4.98 Å². The minimum absolute atomic E-state index is 0.434. The lowest BCUT2D eigenvalue weighted by atomic mass is 10.1. The molecule has 0 saturated heterocycles. The molecule has 0 aliphatic rings. The number of hydrogen-bond acceptors (Lipinski definition) is 4. The first-order valence-corrected chi connectivity index (χ1v) is 9.79. The average molecular weight is 339 g/mol. The van der Waals surface area contributed by atoms with Gasteiger partial charge in [-0.25, -0.2) is 0 Å². The van der Waals surface area contributed by atoms with Gasteiger partial charge in [0.05, 0.1) is 6.61 Å². The second kappa shape index (κ2) is 7.68. The smallest absolute Gasteiger partial charge is 0.377 e. The van der Waals surface area contributed by atoms with Gasteiger partial charge in [0.15, 0.2) is 0 Å². The van der Waals surface area contributed by atoms with Gasteiger partial charge in [-0.2, -0.15) is 0 Å². The van der Waals surface area contributed by atoms with Crippen LogP contribution in [0.5, 0.6) is 0 Å². The van der Waals surface area contributed by atoms with Crippen LogP contribution in [0.1, 0.15) is 11.1 Å². The highest BCUT2D eigenvalue weighted by atomic mass is 28.4. The topological polar surface area (TPSA) is 40.6 Å². The van der Waals surface area contributed by atoms with E-state index in [1.54, 1.807) is 20.4 Å². The number of nitrogens with zero attached hydrogens (tertiary/aromatic N) is 1. The Morgan fingerprint density at radius 1 is 0.917 bits per heavy atom. The first kappa shape index (κ1) is 16.8. The molecule has 1 heterocycles. The molecule has 1 aromatic heterocycles. The molecule has 0 unspecified atom stereocenters. The first-order chi connectivity index (χ1) is 11.8. The van der Waals surface area contributed by atoms with Crippen molar-refractivity contribution in [2.45, 2.75) is 12.7 Å². The third-order valence-electron chi connectivity index (χ3n) is 4.11. The second-order valence-electron chi connectivity index (χ2n) is 5.56. The highest BCUT2D eigenvalue weighted by Crippen LogP contribution is 2.22. The molecule has 0 amide bonds. The molecule has 5 heteroatoms. The lowest BCUT2D eigenvalue weighted by Crippen LogP contribution is -2.46. The molecule has 0 aliphatic carbocycles. The van der Waals surface area contributed by atoms with Crippen molar-refractivity contribution in [2.24, 2.45) is 0 Å². The summed E-state index contributed by atoms with van der Waals surface area (Å²) in [6.07, 6.45) is 3.67. The van der Waals surface area contributed by atoms with Crippen LogP contribution < -0.4 is 0 Å². The lowest BCUT2D eigenvalue weighted by Gasteiger charge is -2.26.